The third kappa shape index (κ3) is 3.24. The number of nitrogens with zero attached hydrogens (tertiary/aromatic N) is 1. The number of hydrogen-bond acceptors (Lipinski definition) is 3. The largest absolute Gasteiger partial charge is 0.450 e. The number of benzene rings is 1. The van der Waals surface area contributed by atoms with Gasteiger partial charge in [0.1, 0.15) is 5.82 Å². The third-order valence-corrected chi connectivity index (χ3v) is 1.88. The number of alkyl carbamates (subject to hydrolysis) is 1. The quantitative estimate of drug-likeness (QED) is 0.850. The molecular formula is C11H11FN2O2. The van der Waals surface area contributed by atoms with E-state index in [4.69, 9.17) is 5.26 Å². The number of nitrogens with one attached hydrogen (secondary N) is 1. The Bertz CT molecular complexity index is 426. The summed E-state index contributed by atoms with van der Waals surface area (Å²) in [5.41, 5.74) is 0.560. The minimum Gasteiger partial charge on any atom is -0.450 e. The van der Waals surface area contributed by atoms with Crippen molar-refractivity contribution in [3.05, 3.63) is 35.1 Å². The van der Waals surface area contributed by atoms with Crippen LogP contribution < -0.4 is 5.32 Å². The second-order valence-electron chi connectivity index (χ2n) is 2.99. The fraction of sp³-hybridized carbons (Fsp3) is 0.273. The van der Waals surface area contributed by atoms with E-state index < -0.39 is 11.9 Å². The number of carbonyl (C=O) groups excluding carboxylic acids is 1. The van der Waals surface area contributed by atoms with Crippen molar-refractivity contribution in [2.45, 2.75) is 13.5 Å². The summed E-state index contributed by atoms with van der Waals surface area (Å²) >= 11 is 0. The first-order valence-electron chi connectivity index (χ1n) is 4.76. The van der Waals surface area contributed by atoms with E-state index in [2.05, 4.69) is 10.1 Å². The van der Waals surface area contributed by atoms with Gasteiger partial charge in [-0.2, -0.15) is 5.26 Å². The molecule has 1 N–H and O–H groups in total. The van der Waals surface area contributed by atoms with E-state index in [0.29, 0.717) is 5.56 Å². The van der Waals surface area contributed by atoms with Gasteiger partial charge in [-0.3, -0.25) is 0 Å². The van der Waals surface area contributed by atoms with Crippen LogP contribution in [0.1, 0.15) is 18.1 Å². The Kier molecular flexibility index (Phi) is 4.28. The van der Waals surface area contributed by atoms with E-state index >= 15 is 0 Å². The van der Waals surface area contributed by atoms with Gasteiger partial charge in [0, 0.05) is 12.1 Å². The van der Waals surface area contributed by atoms with E-state index in [1.165, 1.54) is 12.1 Å². The van der Waals surface area contributed by atoms with Gasteiger partial charge in [-0.1, -0.05) is 6.07 Å². The molecular weight excluding hydrogens is 211 g/mol. The molecule has 0 radical (unpaired) electrons. The lowest BCUT2D eigenvalue weighted by atomic mass is 10.1. The summed E-state index contributed by atoms with van der Waals surface area (Å²) in [6.07, 6.45) is -0.591. The fourth-order valence-electron chi connectivity index (χ4n) is 1.11. The van der Waals surface area contributed by atoms with Crippen molar-refractivity contribution in [1.82, 2.24) is 5.32 Å². The van der Waals surface area contributed by atoms with Crippen molar-refractivity contribution >= 4 is 6.09 Å². The molecule has 1 aromatic rings. The third-order valence-electron chi connectivity index (χ3n) is 1.88. The van der Waals surface area contributed by atoms with Gasteiger partial charge < -0.3 is 10.1 Å². The van der Waals surface area contributed by atoms with Crippen LogP contribution in [-0.2, 0) is 11.3 Å². The van der Waals surface area contributed by atoms with Crippen LogP contribution in [0.5, 0.6) is 0 Å². The van der Waals surface area contributed by atoms with Gasteiger partial charge >= 0.3 is 6.09 Å². The summed E-state index contributed by atoms with van der Waals surface area (Å²) in [5, 5.41) is 10.9. The number of ether oxygens (including phenoxy) is 1. The molecule has 4 nitrogen and oxygen atoms in total. The molecule has 0 fully saturated rings. The van der Waals surface area contributed by atoms with E-state index in [9.17, 15) is 9.18 Å². The Hall–Kier alpha value is -2.09. The molecule has 0 saturated carbocycles. The Morgan fingerprint density at radius 2 is 2.38 bits per heavy atom. The lowest BCUT2D eigenvalue weighted by molar-refractivity contribution is 0.151. The molecule has 1 rings (SSSR count). The number of carbonyl (C=O) groups is 1. The van der Waals surface area contributed by atoms with E-state index in [-0.39, 0.29) is 18.7 Å². The zero-order valence-corrected chi connectivity index (χ0v) is 8.79. The molecule has 0 aromatic heterocycles. The second kappa shape index (κ2) is 5.71. The molecule has 0 spiro atoms. The highest BCUT2D eigenvalue weighted by molar-refractivity contribution is 5.67. The zero-order valence-electron chi connectivity index (χ0n) is 8.79. The number of halogens is 1. The van der Waals surface area contributed by atoms with E-state index in [0.717, 1.165) is 6.07 Å². The summed E-state index contributed by atoms with van der Waals surface area (Å²) in [7, 11) is 0. The average molecular weight is 222 g/mol. The molecule has 84 valence electrons. The molecule has 5 heteroatoms. The summed E-state index contributed by atoms with van der Waals surface area (Å²) in [6.45, 7) is 1.99. The highest BCUT2D eigenvalue weighted by Gasteiger charge is 2.05. The molecule has 16 heavy (non-hydrogen) atoms. The standard InChI is InChI=1S/C11H11FN2O2/c1-2-16-11(15)14-7-9-4-3-8(6-13)5-10(9)12/h3-5H,2,7H2,1H3,(H,14,15). The highest BCUT2D eigenvalue weighted by atomic mass is 19.1. The van der Waals surface area contributed by atoms with Crippen LogP contribution in [0, 0.1) is 17.1 Å². The van der Waals surface area contributed by atoms with Crippen molar-refractivity contribution in [3.63, 3.8) is 0 Å². The predicted molar refractivity (Wildman–Crippen MR) is 55.0 cm³/mol. The lowest BCUT2D eigenvalue weighted by Crippen LogP contribution is -2.24. The summed E-state index contributed by atoms with van der Waals surface area (Å²) in [6, 6.07) is 5.91. The first-order valence-corrected chi connectivity index (χ1v) is 4.76. The van der Waals surface area contributed by atoms with Gasteiger partial charge in [-0.25, -0.2) is 9.18 Å². The molecule has 0 aliphatic heterocycles. The number of hydrogen-bond donors (Lipinski definition) is 1. The molecule has 0 aliphatic carbocycles. The van der Waals surface area contributed by atoms with Crippen molar-refractivity contribution in [3.8, 4) is 6.07 Å². The van der Waals surface area contributed by atoms with Crippen molar-refractivity contribution in [1.29, 1.82) is 5.26 Å². The van der Waals surface area contributed by atoms with Crippen LogP contribution in [0.3, 0.4) is 0 Å². The summed E-state index contributed by atoms with van der Waals surface area (Å²) in [5.74, 6) is -0.518. The molecule has 0 heterocycles. The smallest absolute Gasteiger partial charge is 0.407 e. The maximum absolute atomic E-state index is 13.3. The molecule has 1 aromatic carbocycles. The van der Waals surface area contributed by atoms with E-state index in [1.54, 1.807) is 6.92 Å². The summed E-state index contributed by atoms with van der Waals surface area (Å²) in [4.78, 5) is 10.9. The number of amides is 1. The Morgan fingerprint density at radius 1 is 1.62 bits per heavy atom. The van der Waals surface area contributed by atoms with Crippen LogP contribution in [0.4, 0.5) is 9.18 Å². The molecule has 0 atom stereocenters. The SMILES string of the molecule is CCOC(=O)NCc1ccc(C#N)cc1F. The summed E-state index contributed by atoms with van der Waals surface area (Å²) < 4.78 is 18.0. The normalized spacial score (nSPS) is 9.31. The van der Waals surface area contributed by atoms with Crippen molar-refractivity contribution in [2.24, 2.45) is 0 Å². The van der Waals surface area contributed by atoms with E-state index in [1.807, 2.05) is 6.07 Å². The molecule has 0 aliphatic rings. The molecule has 0 saturated heterocycles. The highest BCUT2D eigenvalue weighted by Crippen LogP contribution is 2.09. The molecule has 0 bridgehead atoms. The van der Waals surface area contributed by atoms with Gasteiger partial charge in [0.25, 0.3) is 0 Å². The van der Waals surface area contributed by atoms with Crippen LogP contribution >= 0.6 is 0 Å². The fourth-order valence-corrected chi connectivity index (χ4v) is 1.11. The maximum atomic E-state index is 13.3. The first kappa shape index (κ1) is 12.0. The average Bonchev–Trinajstić information content (AvgIpc) is 2.27. The topological polar surface area (TPSA) is 62.1 Å². The second-order valence-corrected chi connectivity index (χ2v) is 2.99. The van der Waals surface area contributed by atoms with Gasteiger partial charge in [0.2, 0.25) is 0 Å². The van der Waals surface area contributed by atoms with Gasteiger partial charge in [0.05, 0.1) is 18.2 Å². The maximum Gasteiger partial charge on any atom is 0.407 e. The van der Waals surface area contributed by atoms with Gasteiger partial charge in [-0.05, 0) is 19.1 Å². The van der Waals surface area contributed by atoms with Crippen LogP contribution in [-0.4, -0.2) is 12.7 Å². The monoisotopic (exact) mass is 222 g/mol. The van der Waals surface area contributed by atoms with Crippen LogP contribution in [0.2, 0.25) is 0 Å². The first-order chi connectivity index (χ1) is 7.67. The molecule has 1 amide bonds. The van der Waals surface area contributed by atoms with Gasteiger partial charge in [0.15, 0.2) is 0 Å². The zero-order chi connectivity index (χ0) is 12.0. The van der Waals surface area contributed by atoms with Gasteiger partial charge in [-0.15, -0.1) is 0 Å². The Morgan fingerprint density at radius 3 is 2.94 bits per heavy atom. The predicted octanol–water partition coefficient (Wildman–Crippen LogP) is 1.94. The van der Waals surface area contributed by atoms with Crippen LogP contribution in [0.25, 0.3) is 0 Å². The Labute approximate surface area is 92.6 Å². The minimum absolute atomic E-state index is 0.0381. The number of rotatable bonds is 3. The minimum atomic E-state index is -0.591. The lowest BCUT2D eigenvalue weighted by Gasteiger charge is -2.06. The van der Waals surface area contributed by atoms with Crippen molar-refractivity contribution < 1.29 is 13.9 Å². The number of nitriles is 1. The molecule has 0 unspecified atom stereocenters. The van der Waals surface area contributed by atoms with Crippen molar-refractivity contribution in [2.75, 3.05) is 6.61 Å². The van der Waals surface area contributed by atoms with Crippen LogP contribution in [0.15, 0.2) is 18.2 Å². The Balaban J connectivity index is 2.62.